The summed E-state index contributed by atoms with van der Waals surface area (Å²) in [5, 5.41) is 18.6. The van der Waals surface area contributed by atoms with Gasteiger partial charge in [-0.15, -0.1) is 0 Å². The molecule has 116 valence electrons. The summed E-state index contributed by atoms with van der Waals surface area (Å²) in [7, 11) is 0. The minimum atomic E-state index is -1.26. The van der Waals surface area contributed by atoms with Crippen LogP contribution in [0.15, 0.2) is 24.3 Å². The van der Waals surface area contributed by atoms with Crippen LogP contribution in [-0.2, 0) is 0 Å². The maximum atomic E-state index is 15.0. The van der Waals surface area contributed by atoms with Crippen molar-refractivity contribution in [3.05, 3.63) is 29.8 Å². The second-order valence-electron chi connectivity index (χ2n) is 6.72. The molecule has 1 amide bonds. The molecule has 2 rings (SSSR count). The Kier molecular flexibility index (Phi) is 4.12. The molecule has 0 spiro atoms. The predicted molar refractivity (Wildman–Crippen MR) is 78.3 cm³/mol. The summed E-state index contributed by atoms with van der Waals surface area (Å²) in [6, 6.07) is 5.82. The molecule has 1 fully saturated rings. The molecule has 3 atom stereocenters. The third-order valence-corrected chi connectivity index (χ3v) is 4.16. The second-order valence-corrected chi connectivity index (χ2v) is 6.72. The van der Waals surface area contributed by atoms with E-state index in [1.165, 1.54) is 17.0 Å². The Balaban J connectivity index is 2.32. The molecular weight excluding hydrogens is 273 g/mol. The number of phenolic OH excluding ortho intramolecular Hbond substituents is 1. The number of likely N-dealkylation sites (tertiary alicyclic amines) is 1. The first-order valence-electron chi connectivity index (χ1n) is 7.14. The Labute approximate surface area is 124 Å². The van der Waals surface area contributed by atoms with Crippen molar-refractivity contribution in [2.45, 2.75) is 45.3 Å². The van der Waals surface area contributed by atoms with Crippen molar-refractivity contribution >= 4 is 6.09 Å². The lowest BCUT2D eigenvalue weighted by Gasteiger charge is -2.46. The highest BCUT2D eigenvalue weighted by molar-refractivity contribution is 5.66. The molecule has 1 aromatic carbocycles. The van der Waals surface area contributed by atoms with Crippen LogP contribution in [0, 0.1) is 5.41 Å². The quantitative estimate of drug-likeness (QED) is 0.832. The molecule has 2 N–H and O–H groups in total. The van der Waals surface area contributed by atoms with Crippen LogP contribution in [0.3, 0.4) is 0 Å². The first kappa shape index (κ1) is 15.6. The highest BCUT2D eigenvalue weighted by atomic mass is 19.1. The maximum Gasteiger partial charge on any atom is 0.407 e. The Morgan fingerprint density at radius 1 is 1.29 bits per heavy atom. The van der Waals surface area contributed by atoms with E-state index in [0.717, 1.165) is 5.56 Å². The summed E-state index contributed by atoms with van der Waals surface area (Å²) >= 11 is 0. The summed E-state index contributed by atoms with van der Waals surface area (Å²) < 4.78 is 15.0. The molecule has 5 heteroatoms. The normalized spacial score (nSPS) is 26.7. The standard InChI is InChI=1S/C16H22FNO3/c1-16(2,3)14-13(17)12(8-9-18(14)15(20)21)10-4-6-11(19)7-5-10/h4-7,12-14,19H,8-9H2,1-3H3,(H,20,21)/t12-,13-,14?/m0/s1. The average Bonchev–Trinajstić information content (AvgIpc) is 2.38. The molecule has 0 bridgehead atoms. The monoisotopic (exact) mass is 295 g/mol. The zero-order chi connectivity index (χ0) is 15.8. The number of carbonyl (C=O) groups is 1. The van der Waals surface area contributed by atoms with Crippen LogP contribution in [0.2, 0.25) is 0 Å². The summed E-state index contributed by atoms with van der Waals surface area (Å²) in [5.74, 6) is -0.199. The summed E-state index contributed by atoms with van der Waals surface area (Å²) in [5.41, 5.74) is 0.326. The SMILES string of the molecule is CC(C)(C)C1[C@@H](F)[C@H](c2ccc(O)cc2)CCN1C(=O)O. The van der Waals surface area contributed by atoms with Gasteiger partial charge in [0.25, 0.3) is 0 Å². The van der Waals surface area contributed by atoms with Gasteiger partial charge in [-0.1, -0.05) is 32.9 Å². The van der Waals surface area contributed by atoms with E-state index in [2.05, 4.69) is 0 Å². The number of nitrogens with zero attached hydrogens (tertiary/aromatic N) is 1. The van der Waals surface area contributed by atoms with E-state index in [1.807, 2.05) is 20.8 Å². The van der Waals surface area contributed by atoms with Gasteiger partial charge < -0.3 is 15.1 Å². The smallest absolute Gasteiger partial charge is 0.407 e. The largest absolute Gasteiger partial charge is 0.508 e. The van der Waals surface area contributed by atoms with Gasteiger partial charge in [0.2, 0.25) is 0 Å². The highest BCUT2D eigenvalue weighted by Crippen LogP contribution is 2.41. The van der Waals surface area contributed by atoms with Gasteiger partial charge in [-0.3, -0.25) is 0 Å². The molecule has 1 aromatic rings. The van der Waals surface area contributed by atoms with Crippen molar-refractivity contribution in [3.63, 3.8) is 0 Å². The fourth-order valence-electron chi connectivity index (χ4n) is 3.20. The zero-order valence-electron chi connectivity index (χ0n) is 12.6. The van der Waals surface area contributed by atoms with Crippen LogP contribution in [-0.4, -0.2) is 40.0 Å². The van der Waals surface area contributed by atoms with Gasteiger partial charge in [-0.2, -0.15) is 0 Å². The molecule has 0 radical (unpaired) electrons. The molecule has 1 aliphatic rings. The third kappa shape index (κ3) is 3.12. The number of amides is 1. The minimum absolute atomic E-state index is 0.143. The van der Waals surface area contributed by atoms with E-state index in [1.54, 1.807) is 12.1 Å². The summed E-state index contributed by atoms with van der Waals surface area (Å²) in [4.78, 5) is 12.6. The Bertz CT molecular complexity index is 509. The van der Waals surface area contributed by atoms with E-state index < -0.39 is 23.7 Å². The lowest BCUT2D eigenvalue weighted by atomic mass is 9.74. The molecule has 21 heavy (non-hydrogen) atoms. The van der Waals surface area contributed by atoms with E-state index in [4.69, 9.17) is 0 Å². The number of aromatic hydroxyl groups is 1. The van der Waals surface area contributed by atoms with Crippen LogP contribution in [0.25, 0.3) is 0 Å². The molecule has 1 unspecified atom stereocenters. The fraction of sp³-hybridized carbons (Fsp3) is 0.562. The minimum Gasteiger partial charge on any atom is -0.508 e. The maximum absolute atomic E-state index is 15.0. The van der Waals surface area contributed by atoms with Crippen molar-refractivity contribution in [1.29, 1.82) is 0 Å². The molecule has 1 saturated heterocycles. The van der Waals surface area contributed by atoms with Gasteiger partial charge in [0.05, 0.1) is 6.04 Å². The van der Waals surface area contributed by atoms with Crippen LogP contribution >= 0.6 is 0 Å². The molecule has 1 heterocycles. The molecule has 0 saturated carbocycles. The van der Waals surface area contributed by atoms with Gasteiger partial charge in [0, 0.05) is 12.5 Å². The van der Waals surface area contributed by atoms with Crippen molar-refractivity contribution in [3.8, 4) is 5.75 Å². The van der Waals surface area contributed by atoms with Crippen LogP contribution in [0.5, 0.6) is 5.75 Å². The number of piperidine rings is 1. The number of rotatable bonds is 1. The van der Waals surface area contributed by atoms with Gasteiger partial charge in [0.15, 0.2) is 0 Å². The summed E-state index contributed by atoms with van der Waals surface area (Å²) in [6.07, 6.45) is -1.88. The van der Waals surface area contributed by atoms with Crippen LogP contribution in [0.1, 0.15) is 38.7 Å². The zero-order valence-corrected chi connectivity index (χ0v) is 12.6. The molecular formula is C16H22FNO3. The van der Waals surface area contributed by atoms with Crippen molar-refractivity contribution in [1.82, 2.24) is 4.90 Å². The van der Waals surface area contributed by atoms with Gasteiger partial charge in [-0.05, 0) is 29.5 Å². The van der Waals surface area contributed by atoms with E-state index >= 15 is 4.39 Å². The Morgan fingerprint density at radius 3 is 2.33 bits per heavy atom. The van der Waals surface area contributed by atoms with E-state index in [-0.39, 0.29) is 11.7 Å². The fourth-order valence-corrected chi connectivity index (χ4v) is 3.20. The van der Waals surface area contributed by atoms with Crippen molar-refractivity contribution in [2.24, 2.45) is 5.41 Å². The highest BCUT2D eigenvalue weighted by Gasteiger charge is 2.46. The molecule has 0 aromatic heterocycles. The lowest BCUT2D eigenvalue weighted by molar-refractivity contribution is -0.00359. The molecule has 1 aliphatic heterocycles. The number of alkyl halides is 1. The number of halogens is 1. The van der Waals surface area contributed by atoms with E-state index in [9.17, 15) is 15.0 Å². The Morgan fingerprint density at radius 2 is 1.86 bits per heavy atom. The predicted octanol–water partition coefficient (Wildman–Crippen LogP) is 3.61. The van der Waals surface area contributed by atoms with E-state index in [0.29, 0.717) is 13.0 Å². The topological polar surface area (TPSA) is 60.8 Å². The number of benzene rings is 1. The second kappa shape index (κ2) is 5.54. The number of hydrogen-bond donors (Lipinski definition) is 2. The number of hydrogen-bond acceptors (Lipinski definition) is 2. The average molecular weight is 295 g/mol. The first-order valence-corrected chi connectivity index (χ1v) is 7.14. The first-order chi connectivity index (χ1) is 9.71. The van der Waals surface area contributed by atoms with Gasteiger partial charge >= 0.3 is 6.09 Å². The van der Waals surface area contributed by atoms with Crippen molar-refractivity contribution < 1.29 is 19.4 Å². The van der Waals surface area contributed by atoms with Gasteiger partial charge in [0.1, 0.15) is 11.9 Å². The van der Waals surface area contributed by atoms with Crippen LogP contribution in [0.4, 0.5) is 9.18 Å². The van der Waals surface area contributed by atoms with Gasteiger partial charge in [-0.25, -0.2) is 9.18 Å². The Hall–Kier alpha value is -1.78. The third-order valence-electron chi connectivity index (χ3n) is 4.16. The lowest BCUT2D eigenvalue weighted by Crippen LogP contribution is -2.57. The summed E-state index contributed by atoms with van der Waals surface area (Å²) in [6.45, 7) is 5.90. The number of phenols is 1. The number of carboxylic acid groups (broad SMARTS) is 1. The van der Waals surface area contributed by atoms with Crippen LogP contribution < -0.4 is 0 Å². The molecule has 4 nitrogen and oxygen atoms in total. The van der Waals surface area contributed by atoms with Crippen molar-refractivity contribution in [2.75, 3.05) is 6.54 Å². The molecule has 0 aliphatic carbocycles.